The van der Waals surface area contributed by atoms with Crippen molar-refractivity contribution in [2.45, 2.75) is 287 Å². The van der Waals surface area contributed by atoms with Crippen LogP contribution in [0.4, 0.5) is 19.2 Å². The molecule has 7 rings (SSSR count). The minimum Gasteiger partial charge on any atom is -0.497 e. The first-order valence-corrected chi connectivity index (χ1v) is 50.8. The highest BCUT2D eigenvalue weighted by Gasteiger charge is 2.55. The number of carbonyl (C=O) groups is 12. The van der Waals surface area contributed by atoms with Gasteiger partial charge in [-0.1, -0.05) is 117 Å². The number of methoxy groups -OCH3 is 4. The van der Waals surface area contributed by atoms with E-state index in [9.17, 15) is 43.2 Å². The van der Waals surface area contributed by atoms with Gasteiger partial charge >= 0.3 is 72.1 Å². The number of carbonyl (C=O) groups excluding carboxylic acids is 12. The quantitative estimate of drug-likeness (QED) is 0.0137. The zero-order valence-electron chi connectivity index (χ0n) is 87.5. The summed E-state index contributed by atoms with van der Waals surface area (Å²) in [4.78, 5) is 169. The van der Waals surface area contributed by atoms with Crippen molar-refractivity contribution in [2.75, 3.05) is 127 Å². The maximum Gasteiger partial charge on any atom is 0.412 e. The third kappa shape index (κ3) is 35.2. The maximum absolute atomic E-state index is 15.2. The lowest BCUT2D eigenvalue weighted by atomic mass is 9.79. The zero-order chi connectivity index (χ0) is 106. The summed E-state index contributed by atoms with van der Waals surface area (Å²) in [5, 5.41) is 2.66. The Morgan fingerprint density at radius 3 is 1.23 bits per heavy atom. The van der Waals surface area contributed by atoms with Gasteiger partial charge in [-0.05, 0) is 157 Å². The van der Waals surface area contributed by atoms with E-state index < -0.39 is 189 Å². The fourth-order valence-electron chi connectivity index (χ4n) is 18.5. The summed E-state index contributed by atoms with van der Waals surface area (Å²) in [6.45, 7) is 39.9. The molecule has 1 N–H and O–H groups in total. The first-order chi connectivity index (χ1) is 68.0. The van der Waals surface area contributed by atoms with Crippen LogP contribution >= 0.6 is 8.53 Å². The summed E-state index contributed by atoms with van der Waals surface area (Å²) >= 11 is 0. The van der Waals surface area contributed by atoms with Crippen molar-refractivity contribution in [3.63, 3.8) is 0 Å². The van der Waals surface area contributed by atoms with Crippen LogP contribution in [-0.2, 0) is 134 Å². The number of nitrogens with one attached hydrogen (secondary N) is 1. The van der Waals surface area contributed by atoms with Crippen LogP contribution in [0.3, 0.4) is 0 Å². The van der Waals surface area contributed by atoms with E-state index >= 15 is 14.4 Å². The summed E-state index contributed by atoms with van der Waals surface area (Å²) in [5.41, 5.74) is 0.0637. The Morgan fingerprint density at radius 1 is 0.427 bits per heavy atom. The monoisotopic (exact) mass is 2040 g/mol. The molecule has 4 amide bonds. The molecule has 39 nitrogen and oxygen atoms in total. The maximum atomic E-state index is 15.2. The number of benzene rings is 3. The predicted molar refractivity (Wildman–Crippen MR) is 521 cm³/mol. The molecule has 2 saturated heterocycles. The van der Waals surface area contributed by atoms with E-state index in [1.165, 1.54) is 28.9 Å². The Labute approximate surface area is 843 Å². The van der Waals surface area contributed by atoms with Crippen LogP contribution in [0.2, 0.25) is 0 Å². The van der Waals surface area contributed by atoms with Gasteiger partial charge in [0.25, 0.3) is 8.53 Å². The number of rotatable bonds is 54. The molecule has 2 aliphatic heterocycles. The van der Waals surface area contributed by atoms with Gasteiger partial charge < -0.3 is 124 Å². The van der Waals surface area contributed by atoms with E-state index in [0.29, 0.717) is 43.8 Å². The average molecular weight is 2040 g/mol. The molecule has 0 bridgehead atoms. The third-order valence-corrected chi connectivity index (χ3v) is 28.6. The fraction of sp³-hybridized carbons (Fsp3) is 0.699. The van der Waals surface area contributed by atoms with E-state index in [1.807, 2.05) is 127 Å². The Kier molecular flexibility index (Phi) is 49.7. The molecule has 2 saturated carbocycles. The number of hydrogen-bond donors (Lipinski definition) is 1. The van der Waals surface area contributed by atoms with Crippen LogP contribution in [0.1, 0.15) is 212 Å². The first-order valence-electron chi connectivity index (χ1n) is 49.7. The molecule has 3 aromatic rings. The smallest absolute Gasteiger partial charge is 0.412 e. The second-order valence-corrected chi connectivity index (χ2v) is 39.6. The van der Waals surface area contributed by atoms with E-state index in [0.717, 1.165) is 58.2 Å². The van der Waals surface area contributed by atoms with E-state index in [2.05, 4.69) is 42.5 Å². The third-order valence-electron chi connectivity index (χ3n) is 26.6. The van der Waals surface area contributed by atoms with E-state index in [-0.39, 0.29) is 166 Å². The first kappa shape index (κ1) is 120. The highest BCUT2D eigenvalue weighted by molar-refractivity contribution is 7.44. The van der Waals surface area contributed by atoms with Gasteiger partial charge in [-0.2, -0.15) is 0 Å². The molecule has 40 heteroatoms. The highest BCUT2D eigenvalue weighted by Crippen LogP contribution is 2.50. The van der Waals surface area contributed by atoms with Crippen LogP contribution in [0.25, 0.3) is 4.85 Å². The summed E-state index contributed by atoms with van der Waals surface area (Å²) in [7, 11) is 3.91. The number of alkyl carbamates (subject to hydrolysis) is 1. The highest BCUT2D eigenvalue weighted by atomic mass is 31.2. The second-order valence-electron chi connectivity index (χ2n) is 38.1. The average Bonchev–Trinajstić information content (AvgIpc) is 0.749. The SMILES string of the molecule is [C-]#[N+]CCOP(OCC(COCCC)(COCCCCCN(CCCN(CCCCN(CCCNC(=O)OC1CC(C)C(OC(C)=O)C(OC(C)=O)C1OC(C)=O)C(=O)OC1CC(C)C(OC(C)=O)C(OC(C)=O)C1OC(C)=O)C(=O)OC1OC(C(=O)OC)C(C)C(C)C1C)C(=O)OC1OC(C(=O)OC)C(C)C(C)C1C)COC(c1ccccc1)(c1ccc(OC)cc1)c1ccc(OC)cc1)N(C(C)C)C(C)C. The summed E-state index contributed by atoms with van der Waals surface area (Å²) in [6, 6.07) is 25.4. The van der Waals surface area contributed by atoms with Crippen molar-refractivity contribution in [1.29, 1.82) is 0 Å². The molecular formula is C103H155N6O33P. The van der Waals surface area contributed by atoms with Crippen LogP contribution in [-0.4, -0.2) is 304 Å². The fourth-order valence-corrected chi connectivity index (χ4v) is 20.2. The molecule has 4 aliphatic rings. The molecule has 4 fully saturated rings. The summed E-state index contributed by atoms with van der Waals surface area (Å²) in [5.74, 6) is -7.92. The lowest BCUT2D eigenvalue weighted by molar-refractivity contribution is -0.233. The van der Waals surface area contributed by atoms with Crippen LogP contribution < -0.4 is 14.8 Å². The Hall–Kier alpha value is -10.3. The Morgan fingerprint density at radius 2 is 0.818 bits per heavy atom. The lowest BCUT2D eigenvalue weighted by Gasteiger charge is -2.43. The number of hydrogen-bond acceptors (Lipinski definition) is 34. The number of ether oxygens (including phenoxy) is 19. The molecular weight excluding hydrogens is 1880 g/mol. The molecule has 143 heavy (non-hydrogen) atoms. The molecule has 0 aromatic heterocycles. The van der Waals surface area contributed by atoms with Crippen LogP contribution in [0.15, 0.2) is 78.9 Å². The van der Waals surface area contributed by atoms with Crippen molar-refractivity contribution in [2.24, 2.45) is 52.8 Å². The van der Waals surface area contributed by atoms with Gasteiger partial charge in [0.1, 0.15) is 48.1 Å². The van der Waals surface area contributed by atoms with Crippen molar-refractivity contribution < 1.29 is 157 Å². The number of nitrogens with zero attached hydrogens (tertiary/aromatic N) is 5. The molecule has 3 aromatic carbocycles. The molecule has 800 valence electrons. The summed E-state index contributed by atoms with van der Waals surface area (Å²) in [6.07, 6.45) is -16.3. The van der Waals surface area contributed by atoms with E-state index in [1.54, 1.807) is 28.1 Å². The molecule has 2 heterocycles. The largest absolute Gasteiger partial charge is 0.497 e. The van der Waals surface area contributed by atoms with Crippen LogP contribution in [0.5, 0.6) is 11.5 Å². The molecule has 0 spiro atoms. The van der Waals surface area contributed by atoms with Crippen molar-refractivity contribution >= 4 is 80.7 Å². The molecule has 22 unspecified atom stereocenters. The topological polar surface area (TPSA) is 428 Å². The number of amides is 4. The Balaban J connectivity index is 1.20. The van der Waals surface area contributed by atoms with Gasteiger partial charge in [0.05, 0.1) is 60.3 Å². The number of unbranched alkanes of at least 4 members (excludes halogenated alkanes) is 3. The normalized spacial score (nSPS) is 24.8. The van der Waals surface area contributed by atoms with E-state index in [4.69, 9.17) is 106 Å². The van der Waals surface area contributed by atoms with Crippen molar-refractivity contribution in [3.8, 4) is 11.5 Å². The van der Waals surface area contributed by atoms with Crippen LogP contribution in [0, 0.1) is 59.3 Å². The number of esters is 8. The molecule has 0 radical (unpaired) electrons. The van der Waals surface area contributed by atoms with Crippen molar-refractivity contribution in [3.05, 3.63) is 107 Å². The predicted octanol–water partition coefficient (Wildman–Crippen LogP) is 14.5. The van der Waals surface area contributed by atoms with Gasteiger partial charge in [-0.15, -0.1) is 0 Å². The zero-order valence-corrected chi connectivity index (χ0v) is 88.4. The molecule has 22 atom stereocenters. The minimum atomic E-state index is -1.79. The van der Waals surface area contributed by atoms with Gasteiger partial charge in [0.15, 0.2) is 36.6 Å². The van der Waals surface area contributed by atoms with Gasteiger partial charge in [-0.3, -0.25) is 28.8 Å². The van der Waals surface area contributed by atoms with Crippen molar-refractivity contribution in [1.82, 2.24) is 24.7 Å². The lowest BCUT2D eigenvalue weighted by Crippen LogP contribution is -2.59. The standard InChI is InChI=1S/C103H155N6O33P/c1-25-54-126-59-102(62-130-143(129-56-47-104-20)109(63(2)3)64(4)5,61-128-103(79-36-28-26-29-37-79,80-38-42-82(122-21)43-39-80)81-40-44-83(123-22)45-41-81)60-127-55-33-27-30-48-107(100(120)141-96-71(12)67(8)69(10)88(139-96)94(116)124-23)52-35-53-108(101(121)142-97-72(13)68(9)70(11)89(140-97)95(117)125-24)50-32-31-49-106(99(119)138-85-58-66(7)87(132-74(15)111)93(136-78(19)115)91(85)134-76(17)113)51-34-46-105-98(118)137-84-57-65(6)86(131-73(14)110)92(135-77(18)114)90(84)133-75(16)112/h26,28-29,36-45,63-72,84-93,96-97H,25,27,30-35,46-62H2,1-19,21-24H3,(H,105,118). The molecule has 2 aliphatic carbocycles. The Bertz CT molecular complexity index is 4500. The second kappa shape index (κ2) is 59.3. The van der Waals surface area contributed by atoms with Gasteiger partial charge in [0, 0.05) is 136 Å². The van der Waals surface area contributed by atoms with Gasteiger partial charge in [-0.25, -0.2) is 40.0 Å². The minimum absolute atomic E-state index is 0.00243. The van der Waals surface area contributed by atoms with Gasteiger partial charge in [0.2, 0.25) is 19.1 Å². The summed E-state index contributed by atoms with van der Waals surface area (Å²) < 4.78 is 130.